The first kappa shape index (κ1) is 13.7. The van der Waals surface area contributed by atoms with E-state index in [1.165, 1.54) is 5.56 Å². The normalized spacial score (nSPS) is 12.1. The van der Waals surface area contributed by atoms with Crippen molar-refractivity contribution >= 4 is 15.9 Å². The van der Waals surface area contributed by atoms with Crippen LogP contribution in [0.5, 0.6) is 0 Å². The summed E-state index contributed by atoms with van der Waals surface area (Å²) in [4.78, 5) is 2.47. The number of hydrogen-bond acceptors (Lipinski definition) is 1. The van der Waals surface area contributed by atoms with Gasteiger partial charge in [-0.15, -0.1) is 0 Å². The number of likely N-dealkylation sites (N-methyl/N-ethyl adjacent to an activating group) is 1. The van der Waals surface area contributed by atoms with Crippen molar-refractivity contribution in [2.45, 2.75) is 33.1 Å². The van der Waals surface area contributed by atoms with Crippen LogP contribution in [0.3, 0.4) is 0 Å². The molecule has 0 heterocycles. The largest absolute Gasteiger partial charge is 0.303 e. The van der Waals surface area contributed by atoms with Gasteiger partial charge in [-0.1, -0.05) is 55.8 Å². The van der Waals surface area contributed by atoms with Gasteiger partial charge in [0.2, 0.25) is 0 Å². The Hall–Kier alpha value is -0.340. The molecule has 0 saturated carbocycles. The van der Waals surface area contributed by atoms with Crippen LogP contribution in [0.4, 0.5) is 0 Å². The maximum Gasteiger partial charge on any atom is 0.0175 e. The summed E-state index contributed by atoms with van der Waals surface area (Å²) in [5, 5.41) is 0. The third-order valence-electron chi connectivity index (χ3n) is 3.14. The molecule has 16 heavy (non-hydrogen) atoms. The SMILES string of the molecule is CCN(CC)CC(C)(C)c1ccc(Br)cc1. The lowest BCUT2D eigenvalue weighted by atomic mass is 9.84. The lowest BCUT2D eigenvalue weighted by Crippen LogP contribution is -2.36. The molecule has 0 amide bonds. The average Bonchev–Trinajstić information content (AvgIpc) is 2.26. The molecule has 0 N–H and O–H groups in total. The summed E-state index contributed by atoms with van der Waals surface area (Å²) in [6.07, 6.45) is 0. The molecule has 0 unspecified atom stereocenters. The topological polar surface area (TPSA) is 3.24 Å². The molecule has 1 nitrogen and oxygen atoms in total. The molecule has 0 aliphatic rings. The predicted octanol–water partition coefficient (Wildman–Crippen LogP) is 4.07. The van der Waals surface area contributed by atoms with Crippen LogP contribution in [-0.2, 0) is 5.41 Å². The number of hydrogen-bond donors (Lipinski definition) is 0. The van der Waals surface area contributed by atoms with Crippen molar-refractivity contribution in [2.24, 2.45) is 0 Å². The van der Waals surface area contributed by atoms with Gasteiger partial charge in [0.05, 0.1) is 0 Å². The Kier molecular flexibility index (Phi) is 5.00. The predicted molar refractivity (Wildman–Crippen MR) is 75.0 cm³/mol. The van der Waals surface area contributed by atoms with Crippen LogP contribution in [0.25, 0.3) is 0 Å². The standard InChI is InChI=1S/C14H22BrN/c1-5-16(6-2)11-14(3,4)12-7-9-13(15)10-8-12/h7-10H,5-6,11H2,1-4H3. The molecular formula is C14H22BrN. The van der Waals surface area contributed by atoms with Gasteiger partial charge in [0.1, 0.15) is 0 Å². The molecule has 2 heteroatoms. The summed E-state index contributed by atoms with van der Waals surface area (Å²) in [5.74, 6) is 0. The molecular weight excluding hydrogens is 262 g/mol. The van der Waals surface area contributed by atoms with E-state index in [1.54, 1.807) is 0 Å². The Balaban J connectivity index is 2.80. The van der Waals surface area contributed by atoms with Crippen molar-refractivity contribution in [3.8, 4) is 0 Å². The highest BCUT2D eigenvalue weighted by molar-refractivity contribution is 9.10. The van der Waals surface area contributed by atoms with E-state index < -0.39 is 0 Å². The van der Waals surface area contributed by atoms with Gasteiger partial charge in [0.15, 0.2) is 0 Å². The molecule has 1 aromatic carbocycles. The van der Waals surface area contributed by atoms with Crippen LogP contribution < -0.4 is 0 Å². The zero-order valence-corrected chi connectivity index (χ0v) is 12.3. The smallest absolute Gasteiger partial charge is 0.0175 e. The monoisotopic (exact) mass is 283 g/mol. The van der Waals surface area contributed by atoms with Crippen LogP contribution in [0.15, 0.2) is 28.7 Å². The van der Waals surface area contributed by atoms with Gasteiger partial charge in [-0.2, -0.15) is 0 Å². The van der Waals surface area contributed by atoms with Crippen molar-refractivity contribution in [2.75, 3.05) is 19.6 Å². The van der Waals surface area contributed by atoms with Gasteiger partial charge < -0.3 is 4.90 Å². The van der Waals surface area contributed by atoms with Crippen molar-refractivity contribution < 1.29 is 0 Å². The fourth-order valence-corrected chi connectivity index (χ4v) is 2.26. The summed E-state index contributed by atoms with van der Waals surface area (Å²) in [6.45, 7) is 12.4. The van der Waals surface area contributed by atoms with E-state index in [-0.39, 0.29) is 5.41 Å². The van der Waals surface area contributed by atoms with E-state index in [4.69, 9.17) is 0 Å². The van der Waals surface area contributed by atoms with Crippen molar-refractivity contribution in [3.05, 3.63) is 34.3 Å². The van der Waals surface area contributed by atoms with Gasteiger partial charge in [-0.3, -0.25) is 0 Å². The molecule has 0 bridgehead atoms. The van der Waals surface area contributed by atoms with Crippen LogP contribution in [0.2, 0.25) is 0 Å². The minimum absolute atomic E-state index is 0.215. The second-order valence-electron chi connectivity index (χ2n) is 4.85. The first-order valence-corrected chi connectivity index (χ1v) is 6.77. The Labute approximate surface area is 108 Å². The van der Waals surface area contributed by atoms with Crippen molar-refractivity contribution in [1.29, 1.82) is 0 Å². The third kappa shape index (κ3) is 3.60. The van der Waals surface area contributed by atoms with E-state index in [9.17, 15) is 0 Å². The van der Waals surface area contributed by atoms with E-state index in [1.807, 2.05) is 0 Å². The van der Waals surface area contributed by atoms with E-state index in [0.29, 0.717) is 0 Å². The maximum absolute atomic E-state index is 3.48. The summed E-state index contributed by atoms with van der Waals surface area (Å²) in [5.41, 5.74) is 1.62. The highest BCUT2D eigenvalue weighted by Crippen LogP contribution is 2.25. The molecule has 90 valence electrons. The Morgan fingerprint density at radius 1 is 1.06 bits per heavy atom. The molecule has 0 aliphatic heterocycles. The lowest BCUT2D eigenvalue weighted by molar-refractivity contribution is 0.245. The number of halogens is 1. The second-order valence-corrected chi connectivity index (χ2v) is 5.77. The second kappa shape index (κ2) is 5.83. The summed E-state index contributed by atoms with van der Waals surface area (Å²) >= 11 is 3.48. The molecule has 0 saturated heterocycles. The summed E-state index contributed by atoms with van der Waals surface area (Å²) in [6, 6.07) is 8.68. The summed E-state index contributed by atoms with van der Waals surface area (Å²) in [7, 11) is 0. The first-order chi connectivity index (χ1) is 7.49. The first-order valence-electron chi connectivity index (χ1n) is 5.98. The Bertz CT molecular complexity index is 312. The minimum atomic E-state index is 0.215. The highest BCUT2D eigenvalue weighted by atomic mass is 79.9. The highest BCUT2D eigenvalue weighted by Gasteiger charge is 2.22. The number of nitrogens with zero attached hydrogens (tertiary/aromatic N) is 1. The molecule has 0 spiro atoms. The third-order valence-corrected chi connectivity index (χ3v) is 3.67. The van der Waals surface area contributed by atoms with Gasteiger partial charge in [-0.05, 0) is 30.8 Å². The molecule has 0 atom stereocenters. The van der Waals surface area contributed by atoms with E-state index >= 15 is 0 Å². The Morgan fingerprint density at radius 3 is 2.00 bits per heavy atom. The van der Waals surface area contributed by atoms with Crippen LogP contribution in [0.1, 0.15) is 33.3 Å². The van der Waals surface area contributed by atoms with Gasteiger partial charge in [0.25, 0.3) is 0 Å². The van der Waals surface area contributed by atoms with Crippen LogP contribution >= 0.6 is 15.9 Å². The maximum atomic E-state index is 3.48. The molecule has 0 aliphatic carbocycles. The van der Waals surface area contributed by atoms with Gasteiger partial charge in [0, 0.05) is 16.4 Å². The molecule has 1 aromatic rings. The zero-order chi connectivity index (χ0) is 12.2. The quantitative estimate of drug-likeness (QED) is 0.788. The molecule has 0 aromatic heterocycles. The fraction of sp³-hybridized carbons (Fsp3) is 0.571. The minimum Gasteiger partial charge on any atom is -0.303 e. The van der Waals surface area contributed by atoms with E-state index in [0.717, 1.165) is 24.1 Å². The van der Waals surface area contributed by atoms with Crippen LogP contribution in [0, 0.1) is 0 Å². The Morgan fingerprint density at radius 2 is 1.56 bits per heavy atom. The zero-order valence-electron chi connectivity index (χ0n) is 10.8. The lowest BCUT2D eigenvalue weighted by Gasteiger charge is -2.32. The van der Waals surface area contributed by atoms with E-state index in [2.05, 4.69) is 72.8 Å². The van der Waals surface area contributed by atoms with Crippen LogP contribution in [-0.4, -0.2) is 24.5 Å². The molecule has 0 radical (unpaired) electrons. The van der Waals surface area contributed by atoms with Gasteiger partial charge in [-0.25, -0.2) is 0 Å². The average molecular weight is 284 g/mol. The number of rotatable bonds is 5. The number of benzene rings is 1. The molecule has 0 fully saturated rings. The van der Waals surface area contributed by atoms with Crippen molar-refractivity contribution in [1.82, 2.24) is 4.90 Å². The summed E-state index contributed by atoms with van der Waals surface area (Å²) < 4.78 is 1.15. The fourth-order valence-electron chi connectivity index (χ4n) is 2.00. The molecule has 1 rings (SSSR count). The van der Waals surface area contributed by atoms with Crippen molar-refractivity contribution in [3.63, 3.8) is 0 Å². The van der Waals surface area contributed by atoms with Gasteiger partial charge >= 0.3 is 0 Å².